The summed E-state index contributed by atoms with van der Waals surface area (Å²) in [6.45, 7) is 0. The van der Waals surface area contributed by atoms with Crippen LogP contribution < -0.4 is 10.5 Å². The lowest BCUT2D eigenvalue weighted by molar-refractivity contribution is 0.405. The van der Waals surface area contributed by atoms with E-state index in [9.17, 15) is 0 Å². The minimum absolute atomic E-state index is 0.329. The molecular formula is C15H12BrN3O2. The zero-order valence-electron chi connectivity index (χ0n) is 11.2. The van der Waals surface area contributed by atoms with E-state index < -0.39 is 0 Å². The summed E-state index contributed by atoms with van der Waals surface area (Å²) >= 11 is 3.53. The number of nitrogens with two attached hydrogens (primary N) is 1. The van der Waals surface area contributed by atoms with Crippen molar-refractivity contribution < 1.29 is 9.26 Å². The molecule has 0 fully saturated rings. The first-order chi connectivity index (χ1) is 10.2. The summed E-state index contributed by atoms with van der Waals surface area (Å²) in [6, 6.07) is 9.56. The molecule has 1 aromatic carbocycles. The fraction of sp³-hybridized carbons (Fsp3) is 0.0667. The van der Waals surface area contributed by atoms with Crippen molar-refractivity contribution >= 4 is 21.7 Å². The first kappa shape index (κ1) is 13.6. The summed E-state index contributed by atoms with van der Waals surface area (Å²) in [5.41, 5.74) is 8.38. The fourth-order valence-electron chi connectivity index (χ4n) is 2.14. The molecule has 0 amide bonds. The average molecular weight is 346 g/mol. The molecule has 3 rings (SSSR count). The number of rotatable bonds is 3. The van der Waals surface area contributed by atoms with Crippen molar-refractivity contribution in [3.05, 3.63) is 47.2 Å². The van der Waals surface area contributed by atoms with Crippen LogP contribution in [-0.4, -0.2) is 17.3 Å². The van der Waals surface area contributed by atoms with Gasteiger partial charge in [0.2, 0.25) is 0 Å². The molecule has 6 heteroatoms. The van der Waals surface area contributed by atoms with Crippen molar-refractivity contribution in [3.8, 4) is 28.2 Å². The lowest BCUT2D eigenvalue weighted by Crippen LogP contribution is -1.92. The van der Waals surface area contributed by atoms with Gasteiger partial charge in [-0.05, 0) is 12.1 Å². The van der Waals surface area contributed by atoms with E-state index in [1.165, 1.54) is 0 Å². The van der Waals surface area contributed by atoms with Gasteiger partial charge in [-0.1, -0.05) is 39.3 Å². The van der Waals surface area contributed by atoms with E-state index in [4.69, 9.17) is 15.0 Å². The van der Waals surface area contributed by atoms with Gasteiger partial charge in [-0.25, -0.2) is 0 Å². The van der Waals surface area contributed by atoms with Gasteiger partial charge in [0.25, 0.3) is 0 Å². The maximum Gasteiger partial charge on any atom is 0.180 e. The van der Waals surface area contributed by atoms with Gasteiger partial charge in [-0.3, -0.25) is 4.98 Å². The van der Waals surface area contributed by atoms with Crippen molar-refractivity contribution in [3.63, 3.8) is 0 Å². The van der Waals surface area contributed by atoms with Gasteiger partial charge in [0.15, 0.2) is 11.6 Å². The van der Waals surface area contributed by atoms with Gasteiger partial charge in [0.05, 0.1) is 24.4 Å². The molecule has 106 valence electrons. The summed E-state index contributed by atoms with van der Waals surface area (Å²) in [7, 11) is 1.58. The van der Waals surface area contributed by atoms with E-state index in [-0.39, 0.29) is 0 Å². The molecule has 3 aromatic rings. The predicted molar refractivity (Wildman–Crippen MR) is 83.8 cm³/mol. The second-order valence-electron chi connectivity index (χ2n) is 4.33. The van der Waals surface area contributed by atoms with Crippen LogP contribution in [0, 0.1) is 0 Å². The number of halogens is 1. The number of aromatic nitrogens is 2. The number of methoxy groups -OCH3 is 1. The highest BCUT2D eigenvalue weighted by Crippen LogP contribution is 2.42. The zero-order chi connectivity index (χ0) is 14.8. The molecule has 2 heterocycles. The second kappa shape index (κ2) is 5.57. The van der Waals surface area contributed by atoms with E-state index in [0.717, 1.165) is 21.2 Å². The molecule has 0 aliphatic rings. The van der Waals surface area contributed by atoms with Gasteiger partial charge >= 0.3 is 0 Å². The molecule has 0 saturated carbocycles. The molecule has 2 aromatic heterocycles. The van der Waals surface area contributed by atoms with E-state index in [1.807, 2.05) is 24.3 Å². The normalized spacial score (nSPS) is 10.6. The van der Waals surface area contributed by atoms with Crippen molar-refractivity contribution in [2.75, 3.05) is 12.8 Å². The van der Waals surface area contributed by atoms with Crippen LogP contribution in [0.15, 0.2) is 51.7 Å². The topological polar surface area (TPSA) is 74.2 Å². The molecule has 5 nitrogen and oxygen atoms in total. The third-order valence-electron chi connectivity index (χ3n) is 3.11. The van der Waals surface area contributed by atoms with Crippen LogP contribution in [0.5, 0.6) is 5.75 Å². The number of hydrogen-bond acceptors (Lipinski definition) is 5. The van der Waals surface area contributed by atoms with E-state index in [0.29, 0.717) is 17.3 Å². The Morgan fingerprint density at radius 3 is 2.76 bits per heavy atom. The Bertz CT molecular complexity index is 786. The molecule has 0 aliphatic carbocycles. The smallest absolute Gasteiger partial charge is 0.180 e. The molecular weight excluding hydrogens is 334 g/mol. The van der Waals surface area contributed by atoms with Gasteiger partial charge < -0.3 is 15.0 Å². The van der Waals surface area contributed by atoms with Crippen LogP contribution in [0.2, 0.25) is 0 Å². The summed E-state index contributed by atoms with van der Waals surface area (Å²) < 4.78 is 11.7. The quantitative estimate of drug-likeness (QED) is 0.782. The third kappa shape index (κ3) is 2.38. The van der Waals surface area contributed by atoms with Crippen LogP contribution in [0.25, 0.3) is 22.5 Å². The standard InChI is InChI=1S/C15H12BrN3O2/c1-20-12-8-18-7-6-10(12)14-13(15(17)19-21-14)9-4-2-3-5-11(9)16/h2-8H,1H3,(H2,17,19). The highest BCUT2D eigenvalue weighted by atomic mass is 79.9. The Morgan fingerprint density at radius 2 is 2.00 bits per heavy atom. The molecule has 0 aliphatic heterocycles. The first-order valence-corrected chi connectivity index (χ1v) is 7.00. The summed E-state index contributed by atoms with van der Waals surface area (Å²) in [4.78, 5) is 4.04. The molecule has 0 spiro atoms. The molecule has 0 atom stereocenters. The minimum atomic E-state index is 0.329. The molecule has 2 N–H and O–H groups in total. The lowest BCUT2D eigenvalue weighted by Gasteiger charge is -2.08. The van der Waals surface area contributed by atoms with Crippen molar-refractivity contribution in [2.45, 2.75) is 0 Å². The SMILES string of the molecule is COc1cnccc1-c1onc(N)c1-c1ccccc1Br. The third-order valence-corrected chi connectivity index (χ3v) is 3.80. The van der Waals surface area contributed by atoms with E-state index in [1.54, 1.807) is 25.6 Å². The number of hydrogen-bond donors (Lipinski definition) is 1. The molecule has 0 unspecified atom stereocenters. The Morgan fingerprint density at radius 1 is 1.19 bits per heavy atom. The predicted octanol–water partition coefficient (Wildman–Crippen LogP) is 3.76. The maximum atomic E-state index is 5.99. The monoisotopic (exact) mass is 345 g/mol. The van der Waals surface area contributed by atoms with Crippen LogP contribution in [-0.2, 0) is 0 Å². The average Bonchev–Trinajstić information content (AvgIpc) is 2.89. The highest BCUT2D eigenvalue weighted by Gasteiger charge is 2.21. The van der Waals surface area contributed by atoms with Gasteiger partial charge in [-0.2, -0.15) is 0 Å². The Balaban J connectivity index is 2.25. The number of nitrogens with zero attached hydrogens (tertiary/aromatic N) is 2. The highest BCUT2D eigenvalue weighted by molar-refractivity contribution is 9.10. The molecule has 0 bridgehead atoms. The van der Waals surface area contributed by atoms with Gasteiger partial charge in [0, 0.05) is 16.2 Å². The van der Waals surface area contributed by atoms with Gasteiger partial charge in [-0.15, -0.1) is 0 Å². The van der Waals surface area contributed by atoms with Gasteiger partial charge in [0.1, 0.15) is 5.75 Å². The summed E-state index contributed by atoms with van der Waals surface area (Å²) in [5, 5.41) is 3.89. The van der Waals surface area contributed by atoms with Crippen LogP contribution in [0.3, 0.4) is 0 Å². The van der Waals surface area contributed by atoms with Crippen molar-refractivity contribution in [2.24, 2.45) is 0 Å². The Labute approximate surface area is 129 Å². The fourth-order valence-corrected chi connectivity index (χ4v) is 2.62. The number of benzene rings is 1. The number of anilines is 1. The number of pyridine rings is 1. The zero-order valence-corrected chi connectivity index (χ0v) is 12.8. The van der Waals surface area contributed by atoms with Crippen LogP contribution >= 0.6 is 15.9 Å². The van der Waals surface area contributed by atoms with E-state index in [2.05, 4.69) is 26.1 Å². The lowest BCUT2D eigenvalue weighted by atomic mass is 10.0. The van der Waals surface area contributed by atoms with Crippen molar-refractivity contribution in [1.29, 1.82) is 0 Å². The molecule has 0 saturated heterocycles. The summed E-state index contributed by atoms with van der Waals surface area (Å²) in [5.74, 6) is 1.48. The Hall–Kier alpha value is -2.34. The molecule has 0 radical (unpaired) electrons. The number of ether oxygens (including phenoxy) is 1. The molecule has 21 heavy (non-hydrogen) atoms. The van der Waals surface area contributed by atoms with Crippen molar-refractivity contribution in [1.82, 2.24) is 10.1 Å². The number of nitrogen functional groups attached to an aromatic ring is 1. The van der Waals surface area contributed by atoms with Crippen LogP contribution in [0.4, 0.5) is 5.82 Å². The van der Waals surface area contributed by atoms with Crippen LogP contribution in [0.1, 0.15) is 0 Å². The van der Waals surface area contributed by atoms with E-state index >= 15 is 0 Å². The second-order valence-corrected chi connectivity index (χ2v) is 5.18. The first-order valence-electron chi connectivity index (χ1n) is 6.20. The Kier molecular flexibility index (Phi) is 3.62. The summed E-state index contributed by atoms with van der Waals surface area (Å²) in [6.07, 6.45) is 3.29. The largest absolute Gasteiger partial charge is 0.494 e. The minimum Gasteiger partial charge on any atom is -0.494 e. The maximum absolute atomic E-state index is 5.99.